The third-order valence-corrected chi connectivity index (χ3v) is 9.15. The fourth-order valence-electron chi connectivity index (χ4n) is 3.03. The van der Waals surface area contributed by atoms with Crippen LogP contribution in [0.25, 0.3) is 0 Å². The number of hydrogen-bond donors (Lipinski definition) is 3. The Hall–Kier alpha value is -2.85. The number of hydrazine groups is 1. The zero-order chi connectivity index (χ0) is 26.6. The van der Waals surface area contributed by atoms with Crippen LogP contribution in [0.15, 0.2) is 46.2 Å². The van der Waals surface area contributed by atoms with Gasteiger partial charge in [0.05, 0.1) is 15.5 Å². The molecule has 2 rings (SSSR count). The molecule has 35 heavy (non-hydrogen) atoms. The molecule has 0 spiro atoms. The average molecular weight is 545 g/mol. The van der Waals surface area contributed by atoms with Crippen molar-refractivity contribution in [3.8, 4) is 0 Å². The van der Waals surface area contributed by atoms with Gasteiger partial charge in [-0.2, -0.15) is 4.31 Å². The Kier molecular flexibility index (Phi) is 9.13. The normalized spacial score (nSPS) is 12.0. The van der Waals surface area contributed by atoms with E-state index in [-0.39, 0.29) is 39.4 Å². The fourth-order valence-corrected chi connectivity index (χ4v) is 5.74. The quantitative estimate of drug-likeness (QED) is 0.231. The van der Waals surface area contributed by atoms with Crippen molar-refractivity contribution in [1.29, 1.82) is 0 Å². The Labute approximate surface area is 210 Å². The summed E-state index contributed by atoms with van der Waals surface area (Å²) in [5.74, 6) is 0. The molecule has 0 unspecified atom stereocenters. The summed E-state index contributed by atoms with van der Waals surface area (Å²) in [7, 11) is -4.86. The molecule has 0 heterocycles. The first-order valence-corrected chi connectivity index (χ1v) is 13.7. The van der Waals surface area contributed by atoms with E-state index in [4.69, 9.17) is 12.2 Å². The smallest absolute Gasteiger partial charge is 0.270 e. The van der Waals surface area contributed by atoms with Crippen molar-refractivity contribution < 1.29 is 21.8 Å². The number of nitrogens with one attached hydrogen (secondary N) is 3. The van der Waals surface area contributed by atoms with E-state index in [1.807, 2.05) is 0 Å². The highest BCUT2D eigenvalue weighted by Crippen LogP contribution is 2.29. The van der Waals surface area contributed by atoms with Crippen LogP contribution < -0.4 is 16.2 Å². The van der Waals surface area contributed by atoms with E-state index >= 15 is 0 Å². The van der Waals surface area contributed by atoms with E-state index in [0.29, 0.717) is 11.3 Å². The molecule has 0 saturated carbocycles. The predicted octanol–water partition coefficient (Wildman–Crippen LogP) is 2.50. The number of rotatable bonds is 10. The maximum atomic E-state index is 13.1. The summed E-state index contributed by atoms with van der Waals surface area (Å²) in [6.07, 6.45) is 0. The van der Waals surface area contributed by atoms with Crippen LogP contribution in [0.3, 0.4) is 0 Å². The van der Waals surface area contributed by atoms with Gasteiger partial charge < -0.3 is 5.32 Å². The molecule has 3 N–H and O–H groups in total. The van der Waals surface area contributed by atoms with Crippen LogP contribution in [-0.4, -0.2) is 62.7 Å². The van der Waals surface area contributed by atoms with Gasteiger partial charge in [0.1, 0.15) is 4.90 Å². The minimum absolute atomic E-state index is 0.0111. The second-order valence-electron chi connectivity index (χ2n) is 7.50. The van der Waals surface area contributed by atoms with Crippen LogP contribution >= 0.6 is 12.2 Å². The lowest BCUT2D eigenvalue weighted by Crippen LogP contribution is -2.35. The lowest BCUT2D eigenvalue weighted by atomic mass is 10.2. The monoisotopic (exact) mass is 544 g/mol. The number of sulfonamides is 2. The highest BCUT2D eigenvalue weighted by atomic mass is 32.2. The SMILES string of the molecule is CCN(CC)S(=O)(=O)c1cc([N+](=O)[O-])ccc1NNC(=S)Nc1cc(S(=O)(=O)N(C)C)ccc1C. The molecular formula is C20H28N6O6S3. The van der Waals surface area contributed by atoms with Crippen molar-refractivity contribution in [2.24, 2.45) is 0 Å². The van der Waals surface area contributed by atoms with Crippen molar-refractivity contribution in [2.45, 2.75) is 30.6 Å². The zero-order valence-corrected chi connectivity index (χ0v) is 22.3. The summed E-state index contributed by atoms with van der Waals surface area (Å²) in [4.78, 5) is 10.3. The molecule has 0 aliphatic rings. The van der Waals surface area contributed by atoms with Crippen molar-refractivity contribution in [3.05, 3.63) is 52.1 Å². The lowest BCUT2D eigenvalue weighted by Gasteiger charge is -2.21. The lowest BCUT2D eigenvalue weighted by molar-refractivity contribution is -0.385. The molecule has 0 fully saturated rings. The van der Waals surface area contributed by atoms with E-state index < -0.39 is 25.0 Å². The topological polar surface area (TPSA) is 154 Å². The molecule has 0 saturated heterocycles. The van der Waals surface area contributed by atoms with Gasteiger partial charge in [0, 0.05) is 45.0 Å². The van der Waals surface area contributed by atoms with Crippen LogP contribution in [0.2, 0.25) is 0 Å². The summed E-state index contributed by atoms with van der Waals surface area (Å²) in [5.41, 5.74) is 6.14. The average Bonchev–Trinajstić information content (AvgIpc) is 2.79. The van der Waals surface area contributed by atoms with Crippen molar-refractivity contribution >= 4 is 54.4 Å². The van der Waals surface area contributed by atoms with E-state index in [2.05, 4.69) is 16.2 Å². The highest BCUT2D eigenvalue weighted by molar-refractivity contribution is 7.89. The molecule has 0 aliphatic carbocycles. The first-order valence-electron chi connectivity index (χ1n) is 10.4. The third kappa shape index (κ3) is 6.43. The minimum Gasteiger partial charge on any atom is -0.331 e. The zero-order valence-electron chi connectivity index (χ0n) is 19.9. The van der Waals surface area contributed by atoms with Gasteiger partial charge in [0.25, 0.3) is 5.69 Å². The van der Waals surface area contributed by atoms with Gasteiger partial charge in [-0.25, -0.2) is 21.1 Å². The largest absolute Gasteiger partial charge is 0.331 e. The Morgan fingerprint density at radius 2 is 1.63 bits per heavy atom. The van der Waals surface area contributed by atoms with Gasteiger partial charge in [0.15, 0.2) is 5.11 Å². The standard InChI is InChI=1S/C20H28N6O6S3/c1-6-25(7-2)35(31,32)19-12-15(26(27)28)9-11-17(19)22-23-20(33)21-18-13-16(10-8-14(18)3)34(29,30)24(4)5/h8-13,22H,6-7H2,1-5H3,(H2,21,23,33). The van der Waals surface area contributed by atoms with Crippen LogP contribution in [-0.2, 0) is 20.0 Å². The maximum Gasteiger partial charge on any atom is 0.270 e. The Balaban J connectivity index is 2.32. The molecule has 0 amide bonds. The van der Waals surface area contributed by atoms with Crippen molar-refractivity contribution in [1.82, 2.24) is 14.0 Å². The van der Waals surface area contributed by atoms with Crippen LogP contribution in [0.5, 0.6) is 0 Å². The predicted molar refractivity (Wildman–Crippen MR) is 138 cm³/mol. The minimum atomic E-state index is -4.04. The Bertz CT molecular complexity index is 1320. The number of thiocarbonyl (C=S) groups is 1. The summed E-state index contributed by atoms with van der Waals surface area (Å²) >= 11 is 5.27. The van der Waals surface area contributed by atoms with E-state index in [0.717, 1.165) is 10.4 Å². The molecule has 0 bridgehead atoms. The van der Waals surface area contributed by atoms with Crippen LogP contribution in [0, 0.1) is 17.0 Å². The molecule has 0 aromatic heterocycles. The molecule has 0 aliphatic heterocycles. The van der Waals surface area contributed by atoms with Gasteiger partial charge in [-0.15, -0.1) is 0 Å². The van der Waals surface area contributed by atoms with Crippen LogP contribution in [0.4, 0.5) is 17.1 Å². The first-order chi connectivity index (χ1) is 16.2. The second kappa shape index (κ2) is 11.3. The number of non-ortho nitro benzene ring substituents is 1. The molecule has 2 aromatic rings. The summed E-state index contributed by atoms with van der Waals surface area (Å²) in [6, 6.07) is 7.95. The number of aryl methyl sites for hydroxylation is 1. The van der Waals surface area contributed by atoms with E-state index in [1.54, 1.807) is 26.8 Å². The van der Waals surface area contributed by atoms with Crippen molar-refractivity contribution in [3.63, 3.8) is 0 Å². The molecule has 192 valence electrons. The maximum absolute atomic E-state index is 13.1. The number of nitrogens with zero attached hydrogens (tertiary/aromatic N) is 3. The number of hydrogen-bond acceptors (Lipinski definition) is 8. The highest BCUT2D eigenvalue weighted by Gasteiger charge is 2.27. The molecule has 12 nitrogen and oxygen atoms in total. The Morgan fingerprint density at radius 3 is 2.17 bits per heavy atom. The molecule has 15 heteroatoms. The van der Waals surface area contributed by atoms with Gasteiger partial charge in [0.2, 0.25) is 20.0 Å². The molecule has 0 radical (unpaired) electrons. The third-order valence-electron chi connectivity index (χ3n) is 5.05. The first kappa shape index (κ1) is 28.4. The molecule has 0 atom stereocenters. The summed E-state index contributed by atoms with van der Waals surface area (Å²) in [5, 5.41) is 14.1. The van der Waals surface area contributed by atoms with E-state index in [9.17, 15) is 26.9 Å². The number of nitro groups is 1. The summed E-state index contributed by atoms with van der Waals surface area (Å²) < 4.78 is 53.3. The van der Waals surface area contributed by atoms with Crippen LogP contribution in [0.1, 0.15) is 19.4 Å². The number of benzene rings is 2. The van der Waals surface area contributed by atoms with Crippen molar-refractivity contribution in [2.75, 3.05) is 37.9 Å². The molecular weight excluding hydrogens is 516 g/mol. The number of nitro benzene ring substituents is 1. The Morgan fingerprint density at radius 1 is 1.00 bits per heavy atom. The summed E-state index contributed by atoms with van der Waals surface area (Å²) in [6.45, 7) is 5.45. The van der Waals surface area contributed by atoms with Gasteiger partial charge in [-0.1, -0.05) is 19.9 Å². The van der Waals surface area contributed by atoms with E-state index in [1.165, 1.54) is 42.7 Å². The van der Waals surface area contributed by atoms with Gasteiger partial charge in [-0.05, 0) is 42.9 Å². The molecule has 2 aromatic carbocycles. The van der Waals surface area contributed by atoms with Gasteiger partial charge in [-0.3, -0.25) is 21.0 Å². The second-order valence-corrected chi connectivity index (χ2v) is 12.0. The number of anilines is 2. The fraction of sp³-hybridized carbons (Fsp3) is 0.350. The van der Waals surface area contributed by atoms with Gasteiger partial charge >= 0.3 is 0 Å².